The number of halogens is 3. The lowest BCUT2D eigenvalue weighted by Gasteiger charge is -2.32. The molecule has 40 heavy (non-hydrogen) atoms. The first-order valence-corrected chi connectivity index (χ1v) is 14.4. The number of carbonyl (C=O) groups excluding carboxylic acids is 1. The molecular weight excluding hydrogens is 542 g/mol. The summed E-state index contributed by atoms with van der Waals surface area (Å²) in [7, 11) is 0. The molecule has 0 atom stereocenters. The van der Waals surface area contributed by atoms with Gasteiger partial charge in [-0.2, -0.15) is 0 Å². The van der Waals surface area contributed by atoms with Gasteiger partial charge in [0.25, 0.3) is 0 Å². The monoisotopic (exact) mass is 584 g/mol. The van der Waals surface area contributed by atoms with Crippen molar-refractivity contribution >= 4 is 30.6 Å². The van der Waals surface area contributed by atoms with Crippen LogP contribution in [0.15, 0.2) is 66.7 Å². The van der Waals surface area contributed by atoms with Crippen molar-refractivity contribution in [3.63, 3.8) is 0 Å². The number of hydrogen-bond acceptors (Lipinski definition) is 3. The fraction of sp³-hybridized carbons (Fsp3) is 0.441. The van der Waals surface area contributed by atoms with Crippen LogP contribution in [0.5, 0.6) is 0 Å². The first kappa shape index (κ1) is 32.3. The van der Waals surface area contributed by atoms with E-state index in [1.165, 1.54) is 40.7 Å². The lowest BCUT2D eigenvalue weighted by Crippen LogP contribution is -2.33. The van der Waals surface area contributed by atoms with E-state index in [-0.39, 0.29) is 30.6 Å². The van der Waals surface area contributed by atoms with E-state index in [1.54, 1.807) is 12.1 Å². The molecule has 0 radical (unpaired) electrons. The number of piperidine rings is 1. The highest BCUT2D eigenvalue weighted by molar-refractivity contribution is 5.96. The van der Waals surface area contributed by atoms with Crippen LogP contribution in [0.1, 0.15) is 70.3 Å². The quantitative estimate of drug-likeness (QED) is 0.239. The highest BCUT2D eigenvalue weighted by Gasteiger charge is 2.20. The Bertz CT molecular complexity index is 1220. The van der Waals surface area contributed by atoms with Crippen LogP contribution in [0.4, 0.5) is 4.39 Å². The molecule has 2 aliphatic rings. The fourth-order valence-corrected chi connectivity index (χ4v) is 6.11. The van der Waals surface area contributed by atoms with Gasteiger partial charge >= 0.3 is 0 Å². The van der Waals surface area contributed by atoms with E-state index in [2.05, 4.69) is 59.2 Å². The Hall–Kier alpha value is -2.24. The van der Waals surface area contributed by atoms with E-state index >= 15 is 0 Å². The maximum atomic E-state index is 13.1. The van der Waals surface area contributed by atoms with Crippen LogP contribution in [0.2, 0.25) is 0 Å². The van der Waals surface area contributed by atoms with Crippen LogP contribution in [-0.2, 0) is 25.9 Å². The molecule has 0 unspecified atom stereocenters. The van der Waals surface area contributed by atoms with E-state index in [0.717, 1.165) is 70.5 Å². The number of aryl methyl sites for hydroxylation is 1. The van der Waals surface area contributed by atoms with Gasteiger partial charge in [0.1, 0.15) is 5.82 Å². The summed E-state index contributed by atoms with van der Waals surface area (Å²) in [5.41, 5.74) is 7.60. The van der Waals surface area contributed by atoms with Crippen molar-refractivity contribution in [1.82, 2.24) is 9.80 Å². The van der Waals surface area contributed by atoms with E-state index in [4.69, 9.17) is 0 Å². The molecule has 0 saturated carbocycles. The van der Waals surface area contributed by atoms with Gasteiger partial charge in [-0.05, 0) is 110 Å². The summed E-state index contributed by atoms with van der Waals surface area (Å²) < 4.78 is 13.1. The summed E-state index contributed by atoms with van der Waals surface area (Å²) in [6.45, 7) is 8.36. The highest BCUT2D eigenvalue weighted by atomic mass is 35.5. The second-order valence-corrected chi connectivity index (χ2v) is 11.3. The van der Waals surface area contributed by atoms with Crippen LogP contribution >= 0.6 is 24.8 Å². The zero-order chi connectivity index (χ0) is 26.3. The molecule has 0 aliphatic carbocycles. The van der Waals surface area contributed by atoms with Crippen molar-refractivity contribution in [1.29, 1.82) is 0 Å². The zero-order valence-corrected chi connectivity index (χ0v) is 25.3. The average Bonchev–Trinajstić information content (AvgIpc) is 3.14. The van der Waals surface area contributed by atoms with Gasteiger partial charge in [0.05, 0.1) is 0 Å². The van der Waals surface area contributed by atoms with Gasteiger partial charge in [-0.25, -0.2) is 4.39 Å². The number of likely N-dealkylation sites (tertiary alicyclic amines) is 1. The molecule has 2 aliphatic heterocycles. The topological polar surface area (TPSA) is 23.6 Å². The third-order valence-electron chi connectivity index (χ3n) is 8.62. The molecule has 3 aromatic carbocycles. The van der Waals surface area contributed by atoms with E-state index in [0.29, 0.717) is 18.1 Å². The van der Waals surface area contributed by atoms with E-state index in [1.807, 2.05) is 12.1 Å². The van der Waals surface area contributed by atoms with Crippen LogP contribution in [-0.4, -0.2) is 41.8 Å². The first-order valence-electron chi connectivity index (χ1n) is 14.4. The smallest absolute Gasteiger partial charge is 0.162 e. The molecule has 0 aromatic heterocycles. The summed E-state index contributed by atoms with van der Waals surface area (Å²) in [6.07, 6.45) is 7.19. The lowest BCUT2D eigenvalue weighted by molar-refractivity contribution is 0.0974. The van der Waals surface area contributed by atoms with Crippen molar-refractivity contribution in [3.05, 3.63) is 106 Å². The second kappa shape index (κ2) is 15.7. The Morgan fingerprint density at radius 2 is 1.50 bits per heavy atom. The maximum Gasteiger partial charge on any atom is 0.162 e. The number of benzene rings is 3. The van der Waals surface area contributed by atoms with Gasteiger partial charge < -0.3 is 0 Å². The Morgan fingerprint density at radius 1 is 0.825 bits per heavy atom. The largest absolute Gasteiger partial charge is 0.299 e. The van der Waals surface area contributed by atoms with E-state index < -0.39 is 0 Å². The molecule has 3 nitrogen and oxygen atoms in total. The number of fused-ring (bicyclic) bond motifs is 1. The summed E-state index contributed by atoms with van der Waals surface area (Å²) in [6, 6.07) is 22.0. The minimum atomic E-state index is -0.173. The van der Waals surface area contributed by atoms with E-state index in [9.17, 15) is 9.18 Å². The van der Waals surface area contributed by atoms with Gasteiger partial charge in [0.15, 0.2) is 5.78 Å². The van der Waals surface area contributed by atoms with Crippen LogP contribution < -0.4 is 0 Å². The summed E-state index contributed by atoms with van der Waals surface area (Å²) in [5, 5.41) is 0. The van der Waals surface area contributed by atoms with Crippen molar-refractivity contribution in [2.45, 2.75) is 65.0 Å². The molecule has 0 bridgehead atoms. The van der Waals surface area contributed by atoms with Gasteiger partial charge in [-0.3, -0.25) is 14.6 Å². The summed E-state index contributed by atoms with van der Waals surface area (Å²) in [5.74, 6) is 0.828. The Kier molecular flexibility index (Phi) is 12.6. The summed E-state index contributed by atoms with van der Waals surface area (Å²) in [4.78, 5) is 18.1. The predicted molar refractivity (Wildman–Crippen MR) is 167 cm³/mol. The van der Waals surface area contributed by atoms with Crippen molar-refractivity contribution in [2.24, 2.45) is 5.92 Å². The molecule has 6 heteroatoms. The summed E-state index contributed by atoms with van der Waals surface area (Å²) >= 11 is 0. The SMILES string of the molecule is Cc1ccccc1CN1CCc2ccc(C(=O)CCCC3CCN(Cc4ccc(F)cc4)CC3)cc2CC1.Cl.Cl. The number of hydrogen-bond donors (Lipinski definition) is 0. The predicted octanol–water partition coefficient (Wildman–Crippen LogP) is 7.84. The van der Waals surface area contributed by atoms with Gasteiger partial charge in [0, 0.05) is 38.2 Å². The number of carbonyl (C=O) groups is 1. The normalized spacial score (nSPS) is 16.4. The highest BCUT2D eigenvalue weighted by Crippen LogP contribution is 2.25. The molecule has 3 aromatic rings. The standard InChI is InChI=1S/C34H41FN2O.2ClH/c1-26-5-2-3-7-32(26)25-37-21-17-29-11-12-31(23-30(29)18-22-37)34(38)8-4-6-27-15-19-36(20-16-27)24-28-9-13-33(35)14-10-28;;/h2-3,5,7,9-14,23,27H,4,6,8,15-22,24-25H2,1H3;2*1H. The van der Waals surface area contributed by atoms with Crippen molar-refractivity contribution in [3.8, 4) is 0 Å². The van der Waals surface area contributed by atoms with Crippen LogP contribution in [0.25, 0.3) is 0 Å². The van der Waals surface area contributed by atoms with Gasteiger partial charge in [0.2, 0.25) is 0 Å². The third-order valence-corrected chi connectivity index (χ3v) is 8.62. The number of ketones is 1. The number of rotatable bonds is 9. The molecule has 0 N–H and O–H groups in total. The average molecular weight is 586 g/mol. The van der Waals surface area contributed by atoms with Crippen molar-refractivity contribution in [2.75, 3.05) is 26.2 Å². The van der Waals surface area contributed by atoms with Gasteiger partial charge in [-0.15, -0.1) is 24.8 Å². The first-order chi connectivity index (χ1) is 18.5. The Balaban J connectivity index is 0.00000220. The molecule has 0 amide bonds. The van der Waals surface area contributed by atoms with Gasteiger partial charge in [-0.1, -0.05) is 48.5 Å². The minimum absolute atomic E-state index is 0. The third kappa shape index (κ3) is 8.88. The minimum Gasteiger partial charge on any atom is -0.299 e. The molecule has 5 rings (SSSR count). The zero-order valence-electron chi connectivity index (χ0n) is 23.6. The lowest BCUT2D eigenvalue weighted by atomic mass is 9.90. The molecule has 0 spiro atoms. The number of nitrogens with zero attached hydrogens (tertiary/aromatic N) is 2. The Morgan fingerprint density at radius 3 is 2.23 bits per heavy atom. The Labute approximate surface area is 252 Å². The molecule has 216 valence electrons. The molecule has 1 saturated heterocycles. The maximum absolute atomic E-state index is 13.1. The van der Waals surface area contributed by atoms with Crippen molar-refractivity contribution < 1.29 is 9.18 Å². The molecule has 1 fully saturated rings. The number of Topliss-reactive ketones (excluding diaryl/α,β-unsaturated/α-hetero) is 1. The van der Waals surface area contributed by atoms with Crippen LogP contribution in [0, 0.1) is 18.7 Å². The fourth-order valence-electron chi connectivity index (χ4n) is 6.11. The second-order valence-electron chi connectivity index (χ2n) is 11.3. The molecule has 2 heterocycles. The molecular formula is C34H43Cl2FN2O. The van der Waals surface area contributed by atoms with Crippen LogP contribution in [0.3, 0.4) is 0 Å².